The van der Waals surface area contributed by atoms with Crippen molar-refractivity contribution in [1.82, 2.24) is 20.2 Å². The number of aliphatic hydroxyl groups excluding tert-OH is 5. The fourth-order valence-corrected chi connectivity index (χ4v) is 6.93. The van der Waals surface area contributed by atoms with E-state index in [0.717, 1.165) is 38.3 Å². The van der Waals surface area contributed by atoms with Crippen LogP contribution in [0.15, 0.2) is 30.6 Å². The van der Waals surface area contributed by atoms with E-state index in [2.05, 4.69) is 20.2 Å². The molecule has 0 radical (unpaired) electrons. The number of hydrogen-bond acceptors (Lipinski definition) is 11. The van der Waals surface area contributed by atoms with Crippen molar-refractivity contribution in [3.05, 3.63) is 47.0 Å². The van der Waals surface area contributed by atoms with Gasteiger partial charge in [-0.25, -0.2) is 14.4 Å². The van der Waals surface area contributed by atoms with E-state index in [1.165, 1.54) is 18.9 Å². The number of hydrogen-bond donors (Lipinski definition) is 6. The zero-order valence-corrected chi connectivity index (χ0v) is 26.6. The number of carbonyl (C=O) groups is 1. The van der Waals surface area contributed by atoms with Crippen molar-refractivity contribution >= 4 is 23.5 Å². The maximum atomic E-state index is 14.8. The Hall–Kier alpha value is -2.65. The van der Waals surface area contributed by atoms with E-state index in [0.29, 0.717) is 53.9 Å². The third-order valence-electron chi connectivity index (χ3n) is 9.74. The number of likely N-dealkylation sites (tertiary alicyclic amines) is 1. The number of benzene rings is 1. The molecule has 254 valence electrons. The molecule has 12 nitrogen and oxygen atoms in total. The van der Waals surface area contributed by atoms with Crippen LogP contribution in [-0.4, -0.2) is 123 Å². The Morgan fingerprint density at radius 1 is 1.07 bits per heavy atom. The summed E-state index contributed by atoms with van der Waals surface area (Å²) >= 11 is 5.91. The zero-order valence-electron chi connectivity index (χ0n) is 25.8. The summed E-state index contributed by atoms with van der Waals surface area (Å²) in [5.41, 5.74) is 0.708. The van der Waals surface area contributed by atoms with Gasteiger partial charge in [0.1, 0.15) is 29.9 Å². The normalized spacial score (nSPS) is 20.9. The summed E-state index contributed by atoms with van der Waals surface area (Å²) in [5, 5.41) is 51.3. The first kappa shape index (κ1) is 34.7. The lowest BCUT2D eigenvalue weighted by Gasteiger charge is -2.52. The van der Waals surface area contributed by atoms with Crippen molar-refractivity contribution in [3.8, 4) is 5.75 Å². The van der Waals surface area contributed by atoms with Crippen LogP contribution in [-0.2, 0) is 11.2 Å². The van der Waals surface area contributed by atoms with Crippen LogP contribution in [0.2, 0.25) is 5.02 Å². The highest BCUT2D eigenvalue weighted by Gasteiger charge is 2.45. The van der Waals surface area contributed by atoms with E-state index in [-0.39, 0.29) is 24.8 Å². The van der Waals surface area contributed by atoms with Crippen LogP contribution in [0, 0.1) is 23.1 Å². The van der Waals surface area contributed by atoms with Gasteiger partial charge in [0, 0.05) is 51.3 Å². The third-order valence-corrected chi connectivity index (χ3v) is 9.94. The van der Waals surface area contributed by atoms with Gasteiger partial charge < -0.3 is 45.4 Å². The molecule has 0 unspecified atom stereocenters. The lowest BCUT2D eigenvalue weighted by atomic mass is 9.57. The minimum absolute atomic E-state index is 0.0389. The Morgan fingerprint density at radius 3 is 2.39 bits per heavy atom. The summed E-state index contributed by atoms with van der Waals surface area (Å²) in [5.74, 6) is 1.28. The van der Waals surface area contributed by atoms with Crippen LogP contribution in [0.25, 0.3) is 0 Å². The van der Waals surface area contributed by atoms with E-state index in [1.807, 2.05) is 0 Å². The molecule has 1 aliphatic carbocycles. The van der Waals surface area contributed by atoms with Crippen molar-refractivity contribution in [3.63, 3.8) is 0 Å². The maximum absolute atomic E-state index is 14.8. The van der Waals surface area contributed by atoms with Gasteiger partial charge in [0.05, 0.1) is 43.2 Å². The number of nitrogens with one attached hydrogen (secondary N) is 1. The first-order valence-electron chi connectivity index (χ1n) is 16.0. The van der Waals surface area contributed by atoms with Gasteiger partial charge in [-0.3, -0.25) is 4.79 Å². The van der Waals surface area contributed by atoms with E-state index in [1.54, 1.807) is 29.4 Å². The van der Waals surface area contributed by atoms with Crippen LogP contribution in [0.5, 0.6) is 5.75 Å². The summed E-state index contributed by atoms with van der Waals surface area (Å²) in [6.07, 6.45) is 2.55. The number of rotatable bonds is 15. The van der Waals surface area contributed by atoms with Gasteiger partial charge in [-0.05, 0) is 55.1 Å². The minimum Gasteiger partial charge on any atom is -0.493 e. The van der Waals surface area contributed by atoms with Gasteiger partial charge in [-0.2, -0.15) is 0 Å². The molecular formula is C32H45ClFN5O7. The SMILES string of the molecule is O=C(Cc1ccc(OCCC2CC3(CCN(c4ncc(Cl)cn4)CC3)C2)cc1F)N1CC(CNC[C@H](O)[C@@H](O)[C@H](O)[C@H](O)CO)C1. The molecule has 2 saturated heterocycles. The Kier molecular flexibility index (Phi) is 11.7. The smallest absolute Gasteiger partial charge is 0.227 e. The van der Waals surface area contributed by atoms with Gasteiger partial charge in [-0.1, -0.05) is 17.7 Å². The first-order valence-corrected chi connectivity index (χ1v) is 16.4. The third kappa shape index (κ3) is 8.62. The number of aromatic nitrogens is 2. The second-order valence-electron chi connectivity index (χ2n) is 13.2. The number of anilines is 1. The quantitative estimate of drug-likeness (QED) is 0.159. The Labute approximate surface area is 273 Å². The summed E-state index contributed by atoms with van der Waals surface area (Å²) in [6, 6.07) is 4.66. The molecular weight excluding hydrogens is 621 g/mol. The molecule has 1 aromatic carbocycles. The molecule has 0 bridgehead atoms. The average Bonchev–Trinajstić information content (AvgIpc) is 3.01. The summed E-state index contributed by atoms with van der Waals surface area (Å²) in [7, 11) is 0. The van der Waals surface area contributed by atoms with E-state index < -0.39 is 36.8 Å². The standard InChI is InChI=1S/C32H45ClFN5O7/c33-23-14-36-31(37-15-23)38-6-4-32(5-7-38)11-20(12-32)3-8-46-24-2-1-22(25(34)10-24)9-28(43)39-17-21(18-39)13-35-16-26(41)29(44)30(45)27(42)19-40/h1-2,10,14-15,20-21,26-27,29-30,35,40-42,44-45H,3-9,11-13,16-19H2/t26-,27+,29+,30+/m0/s1. The minimum atomic E-state index is -1.67. The molecule has 1 saturated carbocycles. The molecule has 3 heterocycles. The van der Waals surface area contributed by atoms with Crippen LogP contribution in [0.4, 0.5) is 10.3 Å². The molecule has 6 N–H and O–H groups in total. The molecule has 2 aromatic rings. The second-order valence-corrected chi connectivity index (χ2v) is 13.6. The molecule has 1 amide bonds. The highest BCUT2D eigenvalue weighted by atomic mass is 35.5. The van der Waals surface area contributed by atoms with Gasteiger partial charge in [0.15, 0.2) is 0 Å². The molecule has 4 atom stereocenters. The molecule has 5 rings (SSSR count). The fraction of sp³-hybridized carbons (Fsp3) is 0.656. The van der Waals surface area contributed by atoms with Crippen molar-refractivity contribution in [1.29, 1.82) is 0 Å². The molecule has 14 heteroatoms. The molecule has 3 aliphatic rings. The summed E-state index contributed by atoms with van der Waals surface area (Å²) < 4.78 is 20.7. The lowest BCUT2D eigenvalue weighted by molar-refractivity contribution is -0.136. The molecule has 1 spiro atoms. The Morgan fingerprint density at radius 2 is 1.74 bits per heavy atom. The summed E-state index contributed by atoms with van der Waals surface area (Å²) in [6.45, 7) is 3.06. The van der Waals surface area contributed by atoms with E-state index in [4.69, 9.17) is 21.4 Å². The average molecular weight is 666 g/mol. The van der Waals surface area contributed by atoms with Gasteiger partial charge >= 0.3 is 0 Å². The Balaban J connectivity index is 0.943. The topological polar surface area (TPSA) is 172 Å². The second kappa shape index (κ2) is 15.5. The lowest BCUT2D eigenvalue weighted by Crippen LogP contribution is -2.55. The molecule has 46 heavy (non-hydrogen) atoms. The number of aliphatic hydroxyl groups is 5. The number of halogens is 2. The van der Waals surface area contributed by atoms with E-state index >= 15 is 0 Å². The largest absolute Gasteiger partial charge is 0.493 e. The van der Waals surface area contributed by atoms with Crippen molar-refractivity contribution < 1.29 is 39.5 Å². The zero-order chi connectivity index (χ0) is 32.8. The van der Waals surface area contributed by atoms with Crippen molar-refractivity contribution in [2.75, 3.05) is 57.4 Å². The van der Waals surface area contributed by atoms with E-state index in [9.17, 15) is 29.6 Å². The highest BCUT2D eigenvalue weighted by Crippen LogP contribution is 2.53. The number of carbonyl (C=O) groups excluding carboxylic acids is 1. The number of nitrogens with zero attached hydrogens (tertiary/aromatic N) is 4. The number of piperidine rings is 1. The monoisotopic (exact) mass is 665 g/mol. The van der Waals surface area contributed by atoms with Crippen LogP contribution < -0.4 is 15.0 Å². The predicted octanol–water partition coefficient (Wildman–Crippen LogP) is 0.761. The predicted molar refractivity (Wildman–Crippen MR) is 168 cm³/mol. The number of amides is 1. The number of ether oxygens (including phenoxy) is 1. The van der Waals surface area contributed by atoms with Crippen LogP contribution in [0.3, 0.4) is 0 Å². The van der Waals surface area contributed by atoms with Gasteiger partial charge in [-0.15, -0.1) is 0 Å². The van der Waals surface area contributed by atoms with Crippen molar-refractivity contribution in [2.45, 2.75) is 62.9 Å². The summed E-state index contributed by atoms with van der Waals surface area (Å²) in [4.78, 5) is 25.2. The van der Waals surface area contributed by atoms with Crippen LogP contribution in [0.1, 0.15) is 37.7 Å². The van der Waals surface area contributed by atoms with Crippen molar-refractivity contribution in [2.24, 2.45) is 17.3 Å². The maximum Gasteiger partial charge on any atom is 0.227 e. The Bertz CT molecular complexity index is 1290. The van der Waals surface area contributed by atoms with Crippen LogP contribution >= 0.6 is 11.6 Å². The molecule has 2 aliphatic heterocycles. The first-order chi connectivity index (χ1) is 22.1. The molecule has 1 aromatic heterocycles. The molecule has 3 fully saturated rings. The highest BCUT2D eigenvalue weighted by molar-refractivity contribution is 6.30. The van der Waals surface area contributed by atoms with Gasteiger partial charge in [0.2, 0.25) is 11.9 Å². The fourth-order valence-electron chi connectivity index (χ4n) is 6.83. The van der Waals surface area contributed by atoms with Gasteiger partial charge in [0.25, 0.3) is 0 Å².